The molecule has 1 aliphatic rings. The van der Waals surface area contributed by atoms with Gasteiger partial charge in [0.1, 0.15) is 0 Å². The summed E-state index contributed by atoms with van der Waals surface area (Å²) in [5.41, 5.74) is 1.42. The normalized spacial score (nSPS) is 25.1. The average Bonchev–Trinajstić information content (AvgIpc) is 2.24. The monoisotopic (exact) mass is 197 g/mol. The van der Waals surface area contributed by atoms with Crippen LogP contribution in [-0.2, 0) is 0 Å². The van der Waals surface area contributed by atoms with Crippen LogP contribution < -0.4 is 5.32 Å². The van der Waals surface area contributed by atoms with E-state index in [0.29, 0.717) is 12.1 Å². The van der Waals surface area contributed by atoms with Gasteiger partial charge in [-0.25, -0.2) is 0 Å². The molecule has 15 heavy (non-hydrogen) atoms. The van der Waals surface area contributed by atoms with Crippen molar-refractivity contribution in [2.24, 2.45) is 0 Å². The zero-order valence-corrected chi connectivity index (χ0v) is 8.90. The lowest BCUT2D eigenvalue weighted by molar-refractivity contribution is 0.288. The van der Waals surface area contributed by atoms with Gasteiger partial charge in [0.05, 0.1) is 0 Å². The number of rotatable bonds is 1. The number of hydrogen-bond donors (Lipinski definition) is 1. The summed E-state index contributed by atoms with van der Waals surface area (Å²) in [4.78, 5) is 0. The van der Waals surface area contributed by atoms with E-state index in [2.05, 4.69) is 54.7 Å². The van der Waals surface area contributed by atoms with Gasteiger partial charge in [-0.1, -0.05) is 36.4 Å². The summed E-state index contributed by atoms with van der Waals surface area (Å²) in [5.74, 6) is 0. The van der Waals surface area contributed by atoms with Gasteiger partial charge in [0.25, 0.3) is 0 Å². The van der Waals surface area contributed by atoms with Crippen molar-refractivity contribution in [3.63, 3.8) is 0 Å². The summed E-state index contributed by atoms with van der Waals surface area (Å²) in [5, 5.41) is 6.19. The predicted octanol–water partition coefficient (Wildman–Crippen LogP) is 3.26. The summed E-state index contributed by atoms with van der Waals surface area (Å²) in [6.45, 7) is 2.23. The van der Waals surface area contributed by atoms with Crippen LogP contribution in [0, 0.1) is 0 Å². The van der Waals surface area contributed by atoms with Crippen molar-refractivity contribution in [1.29, 1.82) is 0 Å². The first-order valence-electron chi connectivity index (χ1n) is 5.58. The minimum atomic E-state index is 0.574. The molecular formula is C14H15N. The Balaban J connectivity index is 1.99. The molecule has 1 fully saturated rings. The van der Waals surface area contributed by atoms with Gasteiger partial charge >= 0.3 is 0 Å². The molecule has 1 saturated heterocycles. The van der Waals surface area contributed by atoms with Gasteiger partial charge < -0.3 is 5.32 Å². The Labute approximate surface area is 90.1 Å². The maximum absolute atomic E-state index is 3.52. The lowest BCUT2D eigenvalue weighted by atomic mass is 9.91. The highest BCUT2D eigenvalue weighted by Gasteiger charge is 2.25. The van der Waals surface area contributed by atoms with Crippen molar-refractivity contribution >= 4 is 10.8 Å². The maximum atomic E-state index is 3.52. The highest BCUT2D eigenvalue weighted by Crippen LogP contribution is 2.29. The van der Waals surface area contributed by atoms with Crippen LogP contribution in [0.25, 0.3) is 10.8 Å². The van der Waals surface area contributed by atoms with Crippen LogP contribution in [0.15, 0.2) is 42.5 Å². The fourth-order valence-corrected chi connectivity index (χ4v) is 2.33. The minimum absolute atomic E-state index is 0.574. The number of benzene rings is 2. The molecule has 0 bridgehead atoms. The molecule has 3 rings (SSSR count). The molecule has 0 amide bonds. The van der Waals surface area contributed by atoms with Crippen LogP contribution in [0.3, 0.4) is 0 Å². The molecule has 0 aliphatic carbocycles. The molecule has 2 aromatic rings. The Bertz CT molecular complexity index is 483. The molecule has 0 radical (unpaired) electrons. The topological polar surface area (TPSA) is 12.0 Å². The fraction of sp³-hybridized carbons (Fsp3) is 0.286. The van der Waals surface area contributed by atoms with Crippen molar-refractivity contribution in [1.82, 2.24) is 5.32 Å². The van der Waals surface area contributed by atoms with Gasteiger partial charge in [-0.2, -0.15) is 0 Å². The van der Waals surface area contributed by atoms with E-state index in [1.165, 1.54) is 22.8 Å². The van der Waals surface area contributed by atoms with E-state index in [0.717, 1.165) is 0 Å². The smallest absolute Gasteiger partial charge is 0.0337 e. The van der Waals surface area contributed by atoms with Crippen molar-refractivity contribution in [2.45, 2.75) is 25.4 Å². The molecule has 0 aromatic heterocycles. The molecule has 1 aliphatic heterocycles. The largest absolute Gasteiger partial charge is 0.307 e. The highest BCUT2D eigenvalue weighted by atomic mass is 15.0. The van der Waals surface area contributed by atoms with Crippen molar-refractivity contribution in [3.8, 4) is 0 Å². The first kappa shape index (κ1) is 8.93. The van der Waals surface area contributed by atoms with E-state index in [1.807, 2.05) is 0 Å². The van der Waals surface area contributed by atoms with E-state index in [-0.39, 0.29) is 0 Å². The molecule has 0 spiro atoms. The van der Waals surface area contributed by atoms with Crippen molar-refractivity contribution < 1.29 is 0 Å². The third-order valence-corrected chi connectivity index (χ3v) is 3.25. The first-order chi connectivity index (χ1) is 7.33. The number of hydrogen-bond acceptors (Lipinski definition) is 1. The minimum Gasteiger partial charge on any atom is -0.307 e. The third-order valence-electron chi connectivity index (χ3n) is 3.25. The summed E-state index contributed by atoms with van der Waals surface area (Å²) in [6, 6.07) is 16.6. The Kier molecular flexibility index (Phi) is 2.00. The van der Waals surface area contributed by atoms with Crippen LogP contribution in [0.4, 0.5) is 0 Å². The van der Waals surface area contributed by atoms with E-state index in [4.69, 9.17) is 0 Å². The highest BCUT2D eigenvalue weighted by molar-refractivity contribution is 5.83. The van der Waals surface area contributed by atoms with Gasteiger partial charge in [0.15, 0.2) is 0 Å². The van der Waals surface area contributed by atoms with E-state index >= 15 is 0 Å². The lowest BCUT2D eigenvalue weighted by Gasteiger charge is -2.35. The third kappa shape index (κ3) is 1.53. The molecule has 76 valence electrons. The molecule has 2 aromatic carbocycles. The van der Waals surface area contributed by atoms with Crippen LogP contribution in [0.5, 0.6) is 0 Å². The zero-order chi connectivity index (χ0) is 10.3. The van der Waals surface area contributed by atoms with Crippen LogP contribution in [-0.4, -0.2) is 6.04 Å². The van der Waals surface area contributed by atoms with E-state index in [1.54, 1.807) is 0 Å². The molecule has 1 heteroatoms. The zero-order valence-electron chi connectivity index (χ0n) is 8.90. The van der Waals surface area contributed by atoms with Gasteiger partial charge in [0, 0.05) is 12.1 Å². The Morgan fingerprint density at radius 3 is 2.53 bits per heavy atom. The van der Waals surface area contributed by atoms with Gasteiger partial charge in [-0.15, -0.1) is 0 Å². The maximum Gasteiger partial charge on any atom is 0.0337 e. The quantitative estimate of drug-likeness (QED) is 0.740. The first-order valence-corrected chi connectivity index (χ1v) is 5.58. The van der Waals surface area contributed by atoms with E-state index in [9.17, 15) is 0 Å². The second-order valence-corrected chi connectivity index (χ2v) is 4.46. The molecule has 0 saturated carbocycles. The SMILES string of the molecule is CC1CC(c2ccc3ccccc3c2)N1. The summed E-state index contributed by atoms with van der Waals surface area (Å²) in [6.07, 6.45) is 1.26. The van der Waals surface area contributed by atoms with Crippen molar-refractivity contribution in [2.75, 3.05) is 0 Å². The summed E-state index contributed by atoms with van der Waals surface area (Å²) >= 11 is 0. The standard InChI is InChI=1S/C14H15N/c1-10-8-14(15-10)13-7-6-11-4-2-3-5-12(11)9-13/h2-7,9-10,14-15H,8H2,1H3. The number of fused-ring (bicyclic) bond motifs is 1. The lowest BCUT2D eigenvalue weighted by Crippen LogP contribution is -2.43. The number of nitrogens with one attached hydrogen (secondary N) is 1. The van der Waals surface area contributed by atoms with Gasteiger partial charge in [-0.3, -0.25) is 0 Å². The molecule has 1 nitrogen and oxygen atoms in total. The van der Waals surface area contributed by atoms with E-state index < -0.39 is 0 Å². The van der Waals surface area contributed by atoms with Crippen LogP contribution in [0.2, 0.25) is 0 Å². The summed E-state index contributed by atoms with van der Waals surface area (Å²) < 4.78 is 0. The summed E-state index contributed by atoms with van der Waals surface area (Å²) in [7, 11) is 0. The molecule has 2 unspecified atom stereocenters. The van der Waals surface area contributed by atoms with Crippen LogP contribution in [0.1, 0.15) is 24.9 Å². The van der Waals surface area contributed by atoms with Crippen molar-refractivity contribution in [3.05, 3.63) is 48.0 Å². The van der Waals surface area contributed by atoms with Crippen LogP contribution >= 0.6 is 0 Å². The Morgan fingerprint density at radius 2 is 1.80 bits per heavy atom. The predicted molar refractivity (Wildman–Crippen MR) is 63.9 cm³/mol. The second kappa shape index (κ2) is 3.35. The second-order valence-electron chi connectivity index (χ2n) is 4.46. The average molecular weight is 197 g/mol. The fourth-order valence-electron chi connectivity index (χ4n) is 2.33. The molecule has 1 N–H and O–H groups in total. The molecule has 1 heterocycles. The van der Waals surface area contributed by atoms with Gasteiger partial charge in [0.2, 0.25) is 0 Å². The Morgan fingerprint density at radius 1 is 1.07 bits per heavy atom. The Hall–Kier alpha value is -1.34. The molecule has 2 atom stereocenters. The molecular weight excluding hydrogens is 182 g/mol. The van der Waals surface area contributed by atoms with Gasteiger partial charge in [-0.05, 0) is 35.7 Å².